The Morgan fingerprint density at radius 3 is 2.85 bits per heavy atom. The molecule has 0 saturated carbocycles. The van der Waals surface area contributed by atoms with Crippen molar-refractivity contribution in [2.75, 3.05) is 19.0 Å². The number of likely N-dealkylation sites (N-methyl/N-ethyl adjacent to an activating group) is 1. The van der Waals surface area contributed by atoms with Crippen LogP contribution in [0.15, 0.2) is 41.1 Å². The molecule has 2 rings (SSSR count). The quantitative estimate of drug-likeness (QED) is 0.886. The summed E-state index contributed by atoms with van der Waals surface area (Å²) in [7, 11) is 1.54. The molecule has 5 nitrogen and oxygen atoms in total. The molecule has 0 fully saturated rings. The van der Waals surface area contributed by atoms with Crippen molar-refractivity contribution in [3.05, 3.63) is 46.7 Å². The number of hydrogen-bond donors (Lipinski definition) is 2. The molecule has 104 valence electrons. The summed E-state index contributed by atoms with van der Waals surface area (Å²) < 4.78 is 5.31. The van der Waals surface area contributed by atoms with Crippen molar-refractivity contribution < 1.29 is 14.3 Å². The summed E-state index contributed by atoms with van der Waals surface area (Å²) in [6.45, 7) is -0.0571. The molecule has 0 aliphatic rings. The predicted octanol–water partition coefficient (Wildman–Crippen LogP) is 2.13. The lowest BCUT2D eigenvalue weighted by Crippen LogP contribution is -2.24. The monoisotopic (exact) mass is 290 g/mol. The van der Waals surface area contributed by atoms with Crippen LogP contribution in [-0.4, -0.2) is 25.5 Å². The molecule has 0 atom stereocenters. The van der Waals surface area contributed by atoms with Gasteiger partial charge in [0.1, 0.15) is 5.75 Å². The van der Waals surface area contributed by atoms with E-state index in [1.54, 1.807) is 42.8 Å². The van der Waals surface area contributed by atoms with Crippen LogP contribution in [0.5, 0.6) is 5.75 Å². The second-order valence-corrected chi connectivity index (χ2v) is 4.74. The molecule has 2 aromatic rings. The summed E-state index contributed by atoms with van der Waals surface area (Å²) in [5.41, 5.74) is 1.24. The molecule has 0 bridgehead atoms. The molecule has 0 radical (unpaired) electrons. The fourth-order valence-electron chi connectivity index (χ4n) is 1.48. The van der Waals surface area contributed by atoms with Gasteiger partial charge in [0.2, 0.25) is 0 Å². The maximum atomic E-state index is 11.9. The van der Waals surface area contributed by atoms with E-state index in [1.807, 2.05) is 5.38 Å². The molecule has 0 aliphatic carbocycles. The number of nitrogens with one attached hydrogen (secondary N) is 2. The van der Waals surface area contributed by atoms with E-state index in [1.165, 1.54) is 11.3 Å². The van der Waals surface area contributed by atoms with E-state index in [0.29, 0.717) is 17.0 Å². The van der Waals surface area contributed by atoms with Gasteiger partial charge in [0.05, 0.1) is 5.56 Å². The standard InChI is InChI=1S/C14H14N2O3S/c1-15-13(17)8-19-12-4-2-3-11(7-12)16-14(18)10-5-6-20-9-10/h2-7,9H,8H2,1H3,(H,15,17)(H,16,18). The van der Waals surface area contributed by atoms with Crippen molar-refractivity contribution >= 4 is 28.8 Å². The van der Waals surface area contributed by atoms with Crippen LogP contribution in [-0.2, 0) is 4.79 Å². The number of anilines is 1. The highest BCUT2D eigenvalue weighted by atomic mass is 32.1. The summed E-state index contributed by atoms with van der Waals surface area (Å²) in [4.78, 5) is 23.0. The highest BCUT2D eigenvalue weighted by Gasteiger charge is 2.07. The van der Waals surface area contributed by atoms with Gasteiger partial charge in [0, 0.05) is 24.2 Å². The maximum Gasteiger partial charge on any atom is 0.257 e. The summed E-state index contributed by atoms with van der Waals surface area (Å²) in [5, 5.41) is 8.87. The smallest absolute Gasteiger partial charge is 0.257 e. The number of carbonyl (C=O) groups is 2. The summed E-state index contributed by atoms with van der Waals surface area (Å²) in [5.74, 6) is 0.143. The van der Waals surface area contributed by atoms with Crippen molar-refractivity contribution in [3.63, 3.8) is 0 Å². The Hall–Kier alpha value is -2.34. The Labute approximate surface area is 120 Å². The topological polar surface area (TPSA) is 67.4 Å². The van der Waals surface area contributed by atoms with E-state index in [0.717, 1.165) is 0 Å². The molecule has 20 heavy (non-hydrogen) atoms. The number of ether oxygens (including phenoxy) is 1. The van der Waals surface area contributed by atoms with Crippen molar-refractivity contribution in [1.82, 2.24) is 5.32 Å². The molecule has 0 aliphatic heterocycles. The Morgan fingerprint density at radius 1 is 1.30 bits per heavy atom. The van der Waals surface area contributed by atoms with Crippen LogP contribution in [0.3, 0.4) is 0 Å². The Bertz CT molecular complexity index is 596. The van der Waals surface area contributed by atoms with Crippen LogP contribution in [0, 0.1) is 0 Å². The third kappa shape index (κ3) is 3.83. The van der Waals surface area contributed by atoms with E-state index in [2.05, 4.69) is 10.6 Å². The zero-order valence-electron chi connectivity index (χ0n) is 10.9. The van der Waals surface area contributed by atoms with Crippen LogP contribution < -0.4 is 15.4 Å². The summed E-state index contributed by atoms with van der Waals surface area (Å²) >= 11 is 1.47. The van der Waals surface area contributed by atoms with Gasteiger partial charge in [-0.3, -0.25) is 9.59 Å². The molecular weight excluding hydrogens is 276 g/mol. The van der Waals surface area contributed by atoms with Crippen molar-refractivity contribution in [2.24, 2.45) is 0 Å². The predicted molar refractivity (Wildman–Crippen MR) is 78.3 cm³/mol. The first-order valence-corrected chi connectivity index (χ1v) is 6.90. The van der Waals surface area contributed by atoms with Crippen LogP contribution in [0.4, 0.5) is 5.69 Å². The van der Waals surface area contributed by atoms with Gasteiger partial charge in [-0.05, 0) is 23.6 Å². The fraction of sp³-hybridized carbons (Fsp3) is 0.143. The number of benzene rings is 1. The zero-order chi connectivity index (χ0) is 14.4. The molecular formula is C14H14N2O3S. The van der Waals surface area contributed by atoms with Gasteiger partial charge in [0.15, 0.2) is 6.61 Å². The molecule has 0 saturated heterocycles. The van der Waals surface area contributed by atoms with Crippen LogP contribution in [0.2, 0.25) is 0 Å². The minimum atomic E-state index is -0.210. The average molecular weight is 290 g/mol. The second-order valence-electron chi connectivity index (χ2n) is 3.96. The van der Waals surface area contributed by atoms with E-state index in [4.69, 9.17) is 4.74 Å². The Kier molecular flexibility index (Phi) is 4.73. The lowest BCUT2D eigenvalue weighted by Gasteiger charge is -2.08. The largest absolute Gasteiger partial charge is 0.484 e. The van der Waals surface area contributed by atoms with Crippen LogP contribution in [0.25, 0.3) is 0 Å². The SMILES string of the molecule is CNC(=O)COc1cccc(NC(=O)c2ccsc2)c1. The molecule has 1 heterocycles. The molecule has 6 heteroatoms. The van der Waals surface area contributed by atoms with Gasteiger partial charge in [-0.15, -0.1) is 0 Å². The lowest BCUT2D eigenvalue weighted by atomic mass is 10.2. The average Bonchev–Trinajstić information content (AvgIpc) is 2.99. The molecule has 1 aromatic heterocycles. The Morgan fingerprint density at radius 2 is 2.15 bits per heavy atom. The zero-order valence-corrected chi connectivity index (χ0v) is 11.7. The molecule has 1 aromatic carbocycles. The minimum Gasteiger partial charge on any atom is -0.484 e. The second kappa shape index (κ2) is 6.72. The number of hydrogen-bond acceptors (Lipinski definition) is 4. The van der Waals surface area contributed by atoms with E-state index >= 15 is 0 Å². The van der Waals surface area contributed by atoms with Crippen molar-refractivity contribution in [3.8, 4) is 5.75 Å². The maximum absolute atomic E-state index is 11.9. The van der Waals surface area contributed by atoms with Crippen molar-refractivity contribution in [1.29, 1.82) is 0 Å². The van der Waals surface area contributed by atoms with E-state index in [9.17, 15) is 9.59 Å². The van der Waals surface area contributed by atoms with Gasteiger partial charge in [-0.2, -0.15) is 11.3 Å². The first kappa shape index (κ1) is 14.1. The van der Waals surface area contributed by atoms with Gasteiger partial charge in [-0.25, -0.2) is 0 Å². The van der Waals surface area contributed by atoms with Gasteiger partial charge < -0.3 is 15.4 Å². The molecule has 2 N–H and O–H groups in total. The van der Waals surface area contributed by atoms with Crippen molar-refractivity contribution in [2.45, 2.75) is 0 Å². The van der Waals surface area contributed by atoms with Crippen LogP contribution >= 0.6 is 11.3 Å². The minimum absolute atomic E-state index is 0.0571. The summed E-state index contributed by atoms with van der Waals surface area (Å²) in [6.07, 6.45) is 0. The third-order valence-corrected chi connectivity index (χ3v) is 3.21. The highest BCUT2D eigenvalue weighted by Crippen LogP contribution is 2.18. The lowest BCUT2D eigenvalue weighted by molar-refractivity contribution is -0.122. The van der Waals surface area contributed by atoms with Gasteiger partial charge in [0.25, 0.3) is 11.8 Å². The number of thiophene rings is 1. The third-order valence-electron chi connectivity index (χ3n) is 2.52. The first-order valence-electron chi connectivity index (χ1n) is 5.96. The van der Waals surface area contributed by atoms with Gasteiger partial charge >= 0.3 is 0 Å². The first-order chi connectivity index (χ1) is 9.69. The summed E-state index contributed by atoms with van der Waals surface area (Å²) in [6, 6.07) is 8.67. The fourth-order valence-corrected chi connectivity index (χ4v) is 2.12. The van der Waals surface area contributed by atoms with Crippen LogP contribution in [0.1, 0.15) is 10.4 Å². The number of rotatable bonds is 5. The molecule has 0 spiro atoms. The number of amides is 2. The normalized spacial score (nSPS) is 9.85. The number of carbonyl (C=O) groups excluding carboxylic acids is 2. The highest BCUT2D eigenvalue weighted by molar-refractivity contribution is 7.08. The van der Waals surface area contributed by atoms with E-state index in [-0.39, 0.29) is 18.4 Å². The Balaban J connectivity index is 1.99. The molecule has 0 unspecified atom stereocenters. The molecule has 2 amide bonds. The van der Waals surface area contributed by atoms with E-state index < -0.39 is 0 Å². The van der Waals surface area contributed by atoms with Gasteiger partial charge in [-0.1, -0.05) is 6.07 Å².